The molecule has 0 saturated carbocycles. The number of hydrogen-bond donors (Lipinski definition) is 0. The molecule has 0 amide bonds. The summed E-state index contributed by atoms with van der Waals surface area (Å²) in [6, 6.07) is 5.25. The SMILES string of the molecule is COC(=O)c1ccc2nc(C)c(OS(=O)(=O)C(F)(F)F)cc2c1. The second-order valence-corrected chi connectivity index (χ2v) is 5.99. The van der Waals surface area contributed by atoms with Crippen LogP contribution < -0.4 is 4.18 Å². The molecule has 10 heteroatoms. The first-order valence-corrected chi connectivity index (χ1v) is 7.46. The first-order chi connectivity index (χ1) is 10.5. The van der Waals surface area contributed by atoms with Gasteiger partial charge in [0, 0.05) is 5.39 Å². The number of aryl methyl sites for hydroxylation is 1. The molecule has 0 fully saturated rings. The van der Waals surface area contributed by atoms with E-state index in [0.29, 0.717) is 5.52 Å². The van der Waals surface area contributed by atoms with E-state index in [1.807, 2.05) is 0 Å². The summed E-state index contributed by atoms with van der Waals surface area (Å²) in [6.07, 6.45) is 0. The smallest absolute Gasteiger partial charge is 0.465 e. The predicted octanol–water partition coefficient (Wildman–Crippen LogP) is 2.56. The molecule has 0 aliphatic heterocycles. The Hall–Kier alpha value is -2.36. The van der Waals surface area contributed by atoms with E-state index in [2.05, 4.69) is 13.9 Å². The lowest BCUT2D eigenvalue weighted by Gasteiger charge is -2.12. The van der Waals surface area contributed by atoms with Crippen LogP contribution in [0, 0.1) is 6.92 Å². The molecule has 0 saturated heterocycles. The average Bonchev–Trinajstić information content (AvgIpc) is 2.45. The van der Waals surface area contributed by atoms with Gasteiger partial charge in [0.2, 0.25) is 0 Å². The quantitative estimate of drug-likeness (QED) is 0.481. The lowest BCUT2D eigenvalue weighted by molar-refractivity contribution is -0.0500. The van der Waals surface area contributed by atoms with Crippen LogP contribution in [0.4, 0.5) is 13.2 Å². The van der Waals surface area contributed by atoms with Crippen molar-refractivity contribution in [2.75, 3.05) is 7.11 Å². The minimum atomic E-state index is -5.80. The van der Waals surface area contributed by atoms with Gasteiger partial charge in [-0.1, -0.05) is 0 Å². The first kappa shape index (κ1) is 17.0. The number of alkyl halides is 3. The normalized spacial score (nSPS) is 12.2. The number of rotatable bonds is 3. The number of carbonyl (C=O) groups excluding carboxylic acids is 1. The van der Waals surface area contributed by atoms with Crippen molar-refractivity contribution in [1.29, 1.82) is 0 Å². The van der Waals surface area contributed by atoms with Crippen LogP contribution in [0.15, 0.2) is 24.3 Å². The Morgan fingerprint density at radius 2 is 1.87 bits per heavy atom. The van der Waals surface area contributed by atoms with Crippen molar-refractivity contribution in [3.63, 3.8) is 0 Å². The topological polar surface area (TPSA) is 82.6 Å². The van der Waals surface area contributed by atoms with Crippen LogP contribution in [-0.4, -0.2) is 32.0 Å². The highest BCUT2D eigenvalue weighted by molar-refractivity contribution is 7.88. The fourth-order valence-corrected chi connectivity index (χ4v) is 2.25. The number of pyridine rings is 1. The van der Waals surface area contributed by atoms with E-state index in [0.717, 1.165) is 6.07 Å². The monoisotopic (exact) mass is 349 g/mol. The minimum absolute atomic E-state index is 0.0452. The van der Waals surface area contributed by atoms with Crippen molar-refractivity contribution in [1.82, 2.24) is 4.98 Å². The van der Waals surface area contributed by atoms with E-state index in [9.17, 15) is 26.4 Å². The van der Waals surface area contributed by atoms with E-state index in [1.54, 1.807) is 0 Å². The summed E-state index contributed by atoms with van der Waals surface area (Å²) >= 11 is 0. The third kappa shape index (κ3) is 3.36. The summed E-state index contributed by atoms with van der Waals surface area (Å²) in [4.78, 5) is 15.4. The summed E-state index contributed by atoms with van der Waals surface area (Å²) in [5.41, 5.74) is -5.11. The van der Waals surface area contributed by atoms with Crippen LogP contribution >= 0.6 is 0 Å². The molecule has 124 valence electrons. The van der Waals surface area contributed by atoms with Crippen LogP contribution in [0.3, 0.4) is 0 Å². The van der Waals surface area contributed by atoms with Gasteiger partial charge in [-0.05, 0) is 31.2 Å². The lowest BCUT2D eigenvalue weighted by Crippen LogP contribution is -2.28. The molecule has 0 unspecified atom stereocenters. The number of nitrogens with zero attached hydrogens (tertiary/aromatic N) is 1. The van der Waals surface area contributed by atoms with Crippen molar-refractivity contribution >= 4 is 27.0 Å². The molecule has 1 aromatic carbocycles. The van der Waals surface area contributed by atoms with Crippen molar-refractivity contribution in [2.45, 2.75) is 12.4 Å². The number of halogens is 3. The number of aromatic nitrogens is 1. The number of methoxy groups -OCH3 is 1. The summed E-state index contributed by atoms with van der Waals surface area (Å²) < 4.78 is 68.0. The minimum Gasteiger partial charge on any atom is -0.465 e. The Morgan fingerprint density at radius 3 is 2.43 bits per heavy atom. The van der Waals surface area contributed by atoms with Gasteiger partial charge in [-0.15, -0.1) is 0 Å². The second-order valence-electron chi connectivity index (χ2n) is 4.45. The Balaban J connectivity index is 2.53. The fraction of sp³-hybridized carbons (Fsp3) is 0.231. The van der Waals surface area contributed by atoms with E-state index >= 15 is 0 Å². The van der Waals surface area contributed by atoms with Gasteiger partial charge in [-0.3, -0.25) is 0 Å². The lowest BCUT2D eigenvalue weighted by atomic mass is 10.1. The molecule has 1 aromatic heterocycles. The number of benzene rings is 1. The molecule has 2 aromatic rings. The van der Waals surface area contributed by atoms with Gasteiger partial charge in [-0.2, -0.15) is 21.6 Å². The Bertz CT molecular complexity index is 877. The molecule has 1 heterocycles. The molecule has 0 aliphatic carbocycles. The molecule has 0 aliphatic rings. The van der Waals surface area contributed by atoms with Crippen molar-refractivity contribution in [3.8, 4) is 5.75 Å². The van der Waals surface area contributed by atoms with Gasteiger partial charge >= 0.3 is 21.6 Å². The van der Waals surface area contributed by atoms with Crippen LogP contribution in [0.5, 0.6) is 5.75 Å². The van der Waals surface area contributed by atoms with Crippen LogP contribution in [0.25, 0.3) is 10.9 Å². The molecule has 0 bridgehead atoms. The molecule has 2 rings (SSSR count). The molecular formula is C13H10F3NO5S. The maximum atomic E-state index is 12.4. The van der Waals surface area contributed by atoms with Gasteiger partial charge in [0.25, 0.3) is 0 Å². The summed E-state index contributed by atoms with van der Waals surface area (Å²) in [6.45, 7) is 1.30. The zero-order chi connectivity index (χ0) is 17.4. The Morgan fingerprint density at radius 1 is 1.22 bits per heavy atom. The summed E-state index contributed by atoms with van der Waals surface area (Å²) in [5, 5.41) is 0.228. The van der Waals surface area contributed by atoms with Crippen LogP contribution in [0.1, 0.15) is 16.1 Å². The van der Waals surface area contributed by atoms with E-state index < -0.39 is 27.3 Å². The van der Waals surface area contributed by atoms with Crippen LogP contribution in [0.2, 0.25) is 0 Å². The number of fused-ring (bicyclic) bond motifs is 1. The zero-order valence-corrected chi connectivity index (χ0v) is 12.7. The van der Waals surface area contributed by atoms with E-state index in [4.69, 9.17) is 0 Å². The van der Waals surface area contributed by atoms with Gasteiger partial charge in [-0.25, -0.2) is 9.78 Å². The van der Waals surface area contributed by atoms with Gasteiger partial charge in [0.15, 0.2) is 5.75 Å². The highest BCUT2D eigenvalue weighted by atomic mass is 32.2. The molecular weight excluding hydrogens is 339 g/mol. The van der Waals surface area contributed by atoms with Gasteiger partial charge < -0.3 is 8.92 Å². The Kier molecular flexibility index (Phi) is 4.20. The summed E-state index contributed by atoms with van der Waals surface area (Å²) in [7, 11) is -4.63. The maximum absolute atomic E-state index is 12.4. The van der Waals surface area contributed by atoms with Crippen molar-refractivity contribution < 1.29 is 35.3 Å². The van der Waals surface area contributed by atoms with E-state index in [-0.39, 0.29) is 16.6 Å². The third-order valence-electron chi connectivity index (χ3n) is 2.86. The highest BCUT2D eigenvalue weighted by Gasteiger charge is 2.48. The standard InChI is InChI=1S/C13H10F3NO5S/c1-7-11(22-23(19,20)13(14,15)16)6-9-5-8(12(18)21-2)3-4-10(9)17-7/h3-6H,1-2H3. The molecule has 0 atom stereocenters. The van der Waals surface area contributed by atoms with Gasteiger partial charge in [0.05, 0.1) is 23.9 Å². The summed E-state index contributed by atoms with van der Waals surface area (Å²) in [5.74, 6) is -1.23. The van der Waals surface area contributed by atoms with Crippen molar-refractivity contribution in [2.24, 2.45) is 0 Å². The second kappa shape index (κ2) is 5.69. The predicted molar refractivity (Wildman–Crippen MR) is 73.4 cm³/mol. The zero-order valence-electron chi connectivity index (χ0n) is 11.8. The third-order valence-corrected chi connectivity index (χ3v) is 3.83. The molecule has 0 spiro atoms. The van der Waals surface area contributed by atoms with E-state index in [1.165, 1.54) is 32.2 Å². The van der Waals surface area contributed by atoms with Crippen molar-refractivity contribution in [3.05, 3.63) is 35.5 Å². The number of esters is 1. The molecule has 6 nitrogen and oxygen atoms in total. The largest absolute Gasteiger partial charge is 0.534 e. The number of ether oxygens (including phenoxy) is 1. The first-order valence-electron chi connectivity index (χ1n) is 6.05. The average molecular weight is 349 g/mol. The number of carbonyl (C=O) groups is 1. The fourth-order valence-electron chi connectivity index (χ4n) is 1.75. The van der Waals surface area contributed by atoms with Gasteiger partial charge in [0.1, 0.15) is 0 Å². The molecule has 0 N–H and O–H groups in total. The maximum Gasteiger partial charge on any atom is 0.534 e. The van der Waals surface area contributed by atoms with Crippen LogP contribution in [-0.2, 0) is 14.9 Å². The molecule has 0 radical (unpaired) electrons. The molecule has 23 heavy (non-hydrogen) atoms. The number of hydrogen-bond acceptors (Lipinski definition) is 6. The highest BCUT2D eigenvalue weighted by Crippen LogP contribution is 2.30. The Labute approximate surface area is 129 Å².